The van der Waals surface area contributed by atoms with E-state index in [0.29, 0.717) is 17.8 Å². The summed E-state index contributed by atoms with van der Waals surface area (Å²) in [4.78, 5) is 14.7. The van der Waals surface area contributed by atoms with Gasteiger partial charge in [0.2, 0.25) is 5.91 Å². The van der Waals surface area contributed by atoms with Crippen molar-refractivity contribution in [2.45, 2.75) is 45.1 Å². The van der Waals surface area contributed by atoms with Crippen LogP contribution in [0, 0.1) is 11.8 Å². The number of methoxy groups -OCH3 is 1. The second kappa shape index (κ2) is 9.22. The Balaban J connectivity index is 1.47. The van der Waals surface area contributed by atoms with Crippen molar-refractivity contribution in [3.8, 4) is 5.75 Å². The lowest BCUT2D eigenvalue weighted by atomic mass is 9.72. The zero-order chi connectivity index (χ0) is 21.1. The van der Waals surface area contributed by atoms with Crippen molar-refractivity contribution in [3.63, 3.8) is 0 Å². The van der Waals surface area contributed by atoms with E-state index >= 15 is 0 Å². The lowest BCUT2D eigenvalue weighted by molar-refractivity contribution is -0.120. The van der Waals surface area contributed by atoms with E-state index in [4.69, 9.17) is 4.74 Å². The van der Waals surface area contributed by atoms with Crippen LogP contribution in [0.15, 0.2) is 48.5 Å². The fourth-order valence-electron chi connectivity index (χ4n) is 5.41. The molecule has 0 spiro atoms. The van der Waals surface area contributed by atoms with Crippen molar-refractivity contribution >= 4 is 5.91 Å². The van der Waals surface area contributed by atoms with Crippen LogP contribution in [0.5, 0.6) is 5.75 Å². The predicted octanol–water partition coefficient (Wildman–Crippen LogP) is 4.56. The molecule has 1 aliphatic heterocycles. The Morgan fingerprint density at radius 3 is 2.53 bits per heavy atom. The molecule has 4 rings (SSSR count). The topological polar surface area (TPSA) is 41.6 Å². The Hall–Kier alpha value is -2.33. The van der Waals surface area contributed by atoms with Crippen LogP contribution in [0.1, 0.15) is 55.3 Å². The minimum absolute atomic E-state index is 0.0450. The molecule has 3 unspecified atom stereocenters. The molecule has 3 atom stereocenters. The number of carbonyl (C=O) groups is 1. The first kappa shape index (κ1) is 20.9. The van der Waals surface area contributed by atoms with Crippen molar-refractivity contribution < 1.29 is 9.53 Å². The lowest BCUT2D eigenvalue weighted by Crippen LogP contribution is -2.46. The molecule has 4 nitrogen and oxygen atoms in total. The molecule has 30 heavy (non-hydrogen) atoms. The fourth-order valence-corrected chi connectivity index (χ4v) is 5.41. The van der Waals surface area contributed by atoms with Crippen LogP contribution >= 0.6 is 0 Å². The monoisotopic (exact) mass is 406 g/mol. The highest BCUT2D eigenvalue weighted by Crippen LogP contribution is 2.40. The fraction of sp³-hybridized carbons (Fsp3) is 0.500. The van der Waals surface area contributed by atoms with Crippen LogP contribution < -0.4 is 10.1 Å². The summed E-state index contributed by atoms with van der Waals surface area (Å²) in [6.07, 6.45) is 3.46. The first-order valence-corrected chi connectivity index (χ1v) is 11.3. The number of benzene rings is 2. The highest BCUT2D eigenvalue weighted by Gasteiger charge is 2.37. The van der Waals surface area contributed by atoms with E-state index in [1.165, 1.54) is 29.5 Å². The Kier molecular flexibility index (Phi) is 6.43. The Morgan fingerprint density at radius 2 is 1.87 bits per heavy atom. The summed E-state index contributed by atoms with van der Waals surface area (Å²) in [5, 5.41) is 3.27. The van der Waals surface area contributed by atoms with Gasteiger partial charge in [-0.15, -0.1) is 0 Å². The molecule has 4 heteroatoms. The number of likely N-dealkylation sites (tertiary alicyclic amines) is 1. The maximum absolute atomic E-state index is 12.0. The van der Waals surface area contributed by atoms with Gasteiger partial charge in [-0.1, -0.05) is 43.3 Å². The quantitative estimate of drug-likeness (QED) is 0.791. The number of piperidine rings is 1. The molecule has 160 valence electrons. The molecule has 2 aliphatic rings. The minimum atomic E-state index is 0.0450. The molecule has 1 heterocycles. The molecule has 1 fully saturated rings. The van der Waals surface area contributed by atoms with Crippen molar-refractivity contribution in [3.05, 3.63) is 65.2 Å². The maximum Gasteiger partial charge on any atom is 0.217 e. The summed E-state index contributed by atoms with van der Waals surface area (Å²) in [7, 11) is 1.71. The lowest BCUT2D eigenvalue weighted by Gasteiger charge is -2.42. The molecule has 2 aromatic carbocycles. The van der Waals surface area contributed by atoms with E-state index in [1.54, 1.807) is 14.0 Å². The van der Waals surface area contributed by atoms with Gasteiger partial charge in [-0.2, -0.15) is 0 Å². The van der Waals surface area contributed by atoms with E-state index in [0.717, 1.165) is 31.8 Å². The van der Waals surface area contributed by atoms with Gasteiger partial charge in [0.15, 0.2) is 0 Å². The SMILES string of the molecule is COc1ccc2c(c1)CC(C)C(CN1CCC(c3ccccc3)CC1)C2NC(C)=O. The second-order valence-electron chi connectivity index (χ2n) is 9.07. The highest BCUT2D eigenvalue weighted by molar-refractivity contribution is 5.73. The van der Waals surface area contributed by atoms with Crippen LogP contribution in [-0.2, 0) is 11.2 Å². The van der Waals surface area contributed by atoms with Crippen LogP contribution in [0.3, 0.4) is 0 Å². The third kappa shape index (κ3) is 4.54. The van der Waals surface area contributed by atoms with E-state index in [9.17, 15) is 4.79 Å². The largest absolute Gasteiger partial charge is 0.497 e. The molecule has 0 saturated carbocycles. The number of hydrogen-bond acceptors (Lipinski definition) is 3. The third-order valence-electron chi connectivity index (χ3n) is 7.07. The molecule has 2 aromatic rings. The zero-order valence-electron chi connectivity index (χ0n) is 18.4. The van der Waals surface area contributed by atoms with E-state index in [-0.39, 0.29) is 11.9 Å². The molecule has 0 radical (unpaired) electrons. The molecule has 1 N–H and O–H groups in total. The Morgan fingerprint density at radius 1 is 1.13 bits per heavy atom. The molecule has 1 amide bonds. The van der Waals surface area contributed by atoms with Gasteiger partial charge in [0.25, 0.3) is 0 Å². The number of carbonyl (C=O) groups excluding carboxylic acids is 1. The van der Waals surface area contributed by atoms with Crippen LogP contribution in [0.2, 0.25) is 0 Å². The van der Waals surface area contributed by atoms with Crippen molar-refractivity contribution in [1.29, 1.82) is 0 Å². The van der Waals surface area contributed by atoms with Crippen molar-refractivity contribution in [2.24, 2.45) is 11.8 Å². The maximum atomic E-state index is 12.0. The summed E-state index contributed by atoms with van der Waals surface area (Å²) >= 11 is 0. The molecule has 0 bridgehead atoms. The highest BCUT2D eigenvalue weighted by atomic mass is 16.5. The van der Waals surface area contributed by atoms with Gasteiger partial charge in [-0.05, 0) is 78.9 Å². The number of rotatable bonds is 5. The van der Waals surface area contributed by atoms with Gasteiger partial charge < -0.3 is 15.0 Å². The predicted molar refractivity (Wildman–Crippen MR) is 121 cm³/mol. The van der Waals surface area contributed by atoms with E-state index < -0.39 is 0 Å². The second-order valence-corrected chi connectivity index (χ2v) is 9.07. The number of amides is 1. The number of ether oxygens (including phenoxy) is 1. The summed E-state index contributed by atoms with van der Waals surface area (Å²) in [6.45, 7) is 7.26. The summed E-state index contributed by atoms with van der Waals surface area (Å²) in [5.74, 6) is 2.54. The molecule has 0 aromatic heterocycles. The van der Waals surface area contributed by atoms with Gasteiger partial charge >= 0.3 is 0 Å². The number of fused-ring (bicyclic) bond motifs is 1. The van der Waals surface area contributed by atoms with Gasteiger partial charge in [0.1, 0.15) is 5.75 Å². The van der Waals surface area contributed by atoms with Gasteiger partial charge in [0.05, 0.1) is 13.2 Å². The average molecular weight is 407 g/mol. The van der Waals surface area contributed by atoms with E-state index in [2.05, 4.69) is 59.6 Å². The summed E-state index contributed by atoms with van der Waals surface area (Å²) < 4.78 is 5.43. The average Bonchev–Trinajstić information content (AvgIpc) is 2.76. The van der Waals surface area contributed by atoms with Crippen LogP contribution in [0.25, 0.3) is 0 Å². The van der Waals surface area contributed by atoms with Crippen LogP contribution in [0.4, 0.5) is 0 Å². The first-order chi connectivity index (χ1) is 14.5. The number of nitrogens with zero attached hydrogens (tertiary/aromatic N) is 1. The molecular weight excluding hydrogens is 372 g/mol. The zero-order valence-corrected chi connectivity index (χ0v) is 18.4. The first-order valence-electron chi connectivity index (χ1n) is 11.3. The van der Waals surface area contributed by atoms with Crippen molar-refractivity contribution in [2.75, 3.05) is 26.7 Å². The van der Waals surface area contributed by atoms with Gasteiger partial charge in [-0.3, -0.25) is 4.79 Å². The minimum Gasteiger partial charge on any atom is -0.497 e. The summed E-state index contributed by atoms with van der Waals surface area (Å²) in [5.41, 5.74) is 4.04. The third-order valence-corrected chi connectivity index (χ3v) is 7.07. The number of hydrogen-bond donors (Lipinski definition) is 1. The van der Waals surface area contributed by atoms with E-state index in [1.807, 2.05) is 6.07 Å². The van der Waals surface area contributed by atoms with Crippen molar-refractivity contribution in [1.82, 2.24) is 10.2 Å². The standard InChI is InChI=1S/C26H34N2O2/c1-18-15-22-16-23(30-3)9-10-24(22)26(27-19(2)29)25(18)17-28-13-11-21(12-14-28)20-7-5-4-6-8-20/h4-10,16,18,21,25-26H,11-15,17H2,1-3H3,(H,27,29). The number of nitrogens with one attached hydrogen (secondary N) is 1. The summed E-state index contributed by atoms with van der Waals surface area (Å²) in [6, 6.07) is 17.3. The normalized spacial score (nSPS) is 24.8. The Bertz CT molecular complexity index is 859. The van der Waals surface area contributed by atoms with Crippen LogP contribution in [-0.4, -0.2) is 37.6 Å². The molecule has 1 aliphatic carbocycles. The van der Waals surface area contributed by atoms with Gasteiger partial charge in [0, 0.05) is 13.5 Å². The molecular formula is C26H34N2O2. The smallest absolute Gasteiger partial charge is 0.217 e. The molecule has 1 saturated heterocycles. The Labute approximate surface area is 180 Å². The van der Waals surface area contributed by atoms with Gasteiger partial charge in [-0.25, -0.2) is 0 Å².